The lowest BCUT2D eigenvalue weighted by Gasteiger charge is -2.19. The Balaban J connectivity index is 1.78. The molecule has 2 aromatic rings. The summed E-state index contributed by atoms with van der Waals surface area (Å²) in [5, 5.41) is 7.86. The number of aromatic nitrogens is 1. The van der Waals surface area contributed by atoms with E-state index in [0.29, 0.717) is 0 Å². The smallest absolute Gasteiger partial charge is 0.191 e. The van der Waals surface area contributed by atoms with Crippen LogP contribution in [0.2, 0.25) is 0 Å². The second-order valence-corrected chi connectivity index (χ2v) is 8.23. The molecule has 130 valence electrons. The van der Waals surface area contributed by atoms with Crippen LogP contribution in [0.3, 0.4) is 0 Å². The summed E-state index contributed by atoms with van der Waals surface area (Å²) in [6, 6.07) is 8.77. The van der Waals surface area contributed by atoms with E-state index in [4.69, 9.17) is 0 Å². The molecule has 0 unspecified atom stereocenters. The van der Waals surface area contributed by atoms with Gasteiger partial charge in [0, 0.05) is 37.6 Å². The SMILES string of the molecule is CN=C(NCCc1ncc(C)s1)NCc1ccc(C(C)(C)C)cc1. The maximum Gasteiger partial charge on any atom is 0.191 e. The molecule has 24 heavy (non-hydrogen) atoms. The normalized spacial score (nSPS) is 12.3. The molecule has 1 aromatic carbocycles. The van der Waals surface area contributed by atoms with E-state index in [-0.39, 0.29) is 5.41 Å². The van der Waals surface area contributed by atoms with Gasteiger partial charge in [-0.1, -0.05) is 45.0 Å². The third kappa shape index (κ3) is 5.64. The Kier molecular flexibility index (Phi) is 6.37. The van der Waals surface area contributed by atoms with Crippen LogP contribution in [-0.2, 0) is 18.4 Å². The Labute approximate surface area is 149 Å². The molecule has 0 aliphatic carbocycles. The van der Waals surface area contributed by atoms with Crippen LogP contribution in [0.5, 0.6) is 0 Å². The lowest BCUT2D eigenvalue weighted by Crippen LogP contribution is -2.37. The quantitative estimate of drug-likeness (QED) is 0.643. The van der Waals surface area contributed by atoms with E-state index < -0.39 is 0 Å². The maximum absolute atomic E-state index is 4.38. The molecular formula is C19H28N4S. The summed E-state index contributed by atoms with van der Waals surface area (Å²) in [5.41, 5.74) is 2.80. The fraction of sp³-hybridized carbons (Fsp3) is 0.474. The van der Waals surface area contributed by atoms with Crippen LogP contribution < -0.4 is 10.6 Å². The minimum atomic E-state index is 0.192. The molecule has 0 amide bonds. The number of aliphatic imine (C=N–C) groups is 1. The molecule has 0 aliphatic rings. The second-order valence-electron chi connectivity index (χ2n) is 6.91. The van der Waals surface area contributed by atoms with Crippen molar-refractivity contribution in [2.24, 2.45) is 4.99 Å². The number of benzene rings is 1. The molecule has 2 rings (SSSR count). The molecule has 0 bridgehead atoms. The van der Waals surface area contributed by atoms with E-state index in [1.807, 2.05) is 6.20 Å². The number of rotatable bonds is 5. The summed E-state index contributed by atoms with van der Waals surface area (Å²) >= 11 is 1.75. The highest BCUT2D eigenvalue weighted by atomic mass is 32.1. The van der Waals surface area contributed by atoms with Crippen LogP contribution in [0, 0.1) is 6.92 Å². The van der Waals surface area contributed by atoms with Gasteiger partial charge in [-0.25, -0.2) is 4.98 Å². The average molecular weight is 345 g/mol. The van der Waals surface area contributed by atoms with Gasteiger partial charge in [0.25, 0.3) is 0 Å². The van der Waals surface area contributed by atoms with Crippen LogP contribution in [0.25, 0.3) is 0 Å². The largest absolute Gasteiger partial charge is 0.356 e. The van der Waals surface area contributed by atoms with Crippen molar-refractivity contribution in [3.05, 3.63) is 51.5 Å². The second kappa shape index (κ2) is 8.29. The standard InChI is InChI=1S/C19H28N4S/c1-14-12-22-17(24-14)10-11-21-18(20-5)23-13-15-6-8-16(9-7-15)19(2,3)4/h6-9,12H,10-11,13H2,1-5H3,(H2,20,21,23). The molecule has 5 heteroatoms. The maximum atomic E-state index is 4.38. The van der Waals surface area contributed by atoms with E-state index in [2.05, 4.69) is 72.6 Å². The van der Waals surface area contributed by atoms with Crippen molar-refractivity contribution >= 4 is 17.3 Å². The molecule has 0 radical (unpaired) electrons. The topological polar surface area (TPSA) is 49.3 Å². The van der Waals surface area contributed by atoms with Crippen LogP contribution in [0.1, 0.15) is 41.8 Å². The Hall–Kier alpha value is -1.88. The molecule has 1 heterocycles. The zero-order valence-corrected chi connectivity index (χ0v) is 16.1. The summed E-state index contributed by atoms with van der Waals surface area (Å²) < 4.78 is 0. The monoisotopic (exact) mass is 344 g/mol. The highest BCUT2D eigenvalue weighted by Crippen LogP contribution is 2.22. The lowest BCUT2D eigenvalue weighted by molar-refractivity contribution is 0.590. The first-order valence-corrected chi connectivity index (χ1v) is 9.15. The van der Waals surface area contributed by atoms with Crippen molar-refractivity contribution in [2.75, 3.05) is 13.6 Å². The summed E-state index contributed by atoms with van der Waals surface area (Å²) in [7, 11) is 1.80. The molecule has 0 saturated heterocycles. The Morgan fingerprint density at radius 1 is 1.17 bits per heavy atom. The molecule has 0 atom stereocenters. The van der Waals surface area contributed by atoms with Gasteiger partial charge in [0.05, 0.1) is 5.01 Å². The van der Waals surface area contributed by atoms with Crippen molar-refractivity contribution in [3.8, 4) is 0 Å². The van der Waals surface area contributed by atoms with Crippen molar-refractivity contribution in [1.29, 1.82) is 0 Å². The van der Waals surface area contributed by atoms with Crippen molar-refractivity contribution < 1.29 is 0 Å². The highest BCUT2D eigenvalue weighted by molar-refractivity contribution is 7.11. The summed E-state index contributed by atoms with van der Waals surface area (Å²) in [5.74, 6) is 0.822. The fourth-order valence-electron chi connectivity index (χ4n) is 2.33. The molecular weight excluding hydrogens is 316 g/mol. The number of guanidine groups is 1. The van der Waals surface area contributed by atoms with E-state index in [1.165, 1.54) is 16.0 Å². The molecule has 4 nitrogen and oxygen atoms in total. The molecule has 0 spiro atoms. The molecule has 0 saturated carbocycles. The third-order valence-corrected chi connectivity index (χ3v) is 4.78. The summed E-state index contributed by atoms with van der Waals surface area (Å²) in [6.45, 7) is 10.4. The number of thiazole rings is 1. The number of aryl methyl sites for hydroxylation is 1. The number of nitrogens with zero attached hydrogens (tertiary/aromatic N) is 2. The van der Waals surface area contributed by atoms with Gasteiger partial charge >= 0.3 is 0 Å². The van der Waals surface area contributed by atoms with Crippen molar-refractivity contribution in [1.82, 2.24) is 15.6 Å². The van der Waals surface area contributed by atoms with Gasteiger partial charge in [0.15, 0.2) is 5.96 Å². The number of hydrogen-bond acceptors (Lipinski definition) is 3. The first kappa shape index (κ1) is 18.5. The van der Waals surface area contributed by atoms with E-state index in [9.17, 15) is 0 Å². The van der Waals surface area contributed by atoms with Crippen LogP contribution in [0.4, 0.5) is 0 Å². The van der Waals surface area contributed by atoms with Crippen molar-refractivity contribution in [2.45, 2.75) is 46.1 Å². The summed E-state index contributed by atoms with van der Waals surface area (Å²) in [6.07, 6.45) is 2.84. The Bertz CT molecular complexity index is 665. The minimum absolute atomic E-state index is 0.192. The Morgan fingerprint density at radius 2 is 1.88 bits per heavy atom. The third-order valence-electron chi connectivity index (χ3n) is 3.80. The predicted molar refractivity (Wildman–Crippen MR) is 104 cm³/mol. The Morgan fingerprint density at radius 3 is 2.42 bits per heavy atom. The van der Waals surface area contributed by atoms with Gasteiger partial charge < -0.3 is 10.6 Å². The van der Waals surface area contributed by atoms with Gasteiger partial charge in [-0.15, -0.1) is 11.3 Å². The van der Waals surface area contributed by atoms with Gasteiger partial charge in [0.2, 0.25) is 0 Å². The van der Waals surface area contributed by atoms with E-state index >= 15 is 0 Å². The first-order valence-electron chi connectivity index (χ1n) is 8.34. The summed E-state index contributed by atoms with van der Waals surface area (Å²) in [4.78, 5) is 9.91. The van der Waals surface area contributed by atoms with Gasteiger partial charge in [-0.05, 0) is 23.5 Å². The predicted octanol–water partition coefficient (Wildman–Crippen LogP) is 3.66. The zero-order chi connectivity index (χ0) is 17.6. The van der Waals surface area contributed by atoms with Crippen LogP contribution in [0.15, 0.2) is 35.5 Å². The highest BCUT2D eigenvalue weighted by Gasteiger charge is 2.12. The number of hydrogen-bond donors (Lipinski definition) is 2. The molecule has 1 aromatic heterocycles. The molecule has 2 N–H and O–H groups in total. The van der Waals surface area contributed by atoms with Crippen molar-refractivity contribution in [3.63, 3.8) is 0 Å². The van der Waals surface area contributed by atoms with Gasteiger partial charge in [-0.3, -0.25) is 4.99 Å². The van der Waals surface area contributed by atoms with Gasteiger partial charge in [-0.2, -0.15) is 0 Å². The van der Waals surface area contributed by atoms with Crippen LogP contribution >= 0.6 is 11.3 Å². The van der Waals surface area contributed by atoms with E-state index in [1.54, 1.807) is 18.4 Å². The van der Waals surface area contributed by atoms with E-state index in [0.717, 1.165) is 30.5 Å². The fourth-order valence-corrected chi connectivity index (χ4v) is 3.12. The first-order chi connectivity index (χ1) is 11.4. The average Bonchev–Trinajstić information content (AvgIpc) is 2.95. The minimum Gasteiger partial charge on any atom is -0.356 e. The number of nitrogens with one attached hydrogen (secondary N) is 2. The molecule has 0 fully saturated rings. The van der Waals surface area contributed by atoms with Crippen LogP contribution in [-0.4, -0.2) is 24.5 Å². The molecule has 0 aliphatic heterocycles. The van der Waals surface area contributed by atoms with Gasteiger partial charge in [0.1, 0.15) is 0 Å². The zero-order valence-electron chi connectivity index (χ0n) is 15.3. The lowest BCUT2D eigenvalue weighted by atomic mass is 9.87.